The predicted octanol–water partition coefficient (Wildman–Crippen LogP) is 3.02. The van der Waals surface area contributed by atoms with Gasteiger partial charge in [-0.3, -0.25) is 9.88 Å². The monoisotopic (exact) mass is 500 g/mol. The molecule has 1 saturated heterocycles. The van der Waals surface area contributed by atoms with E-state index in [0.29, 0.717) is 35.9 Å². The molecule has 2 unspecified atom stereocenters. The number of fused-ring (bicyclic) bond motifs is 1. The molecule has 10 nitrogen and oxygen atoms in total. The number of pyridine rings is 1. The van der Waals surface area contributed by atoms with Crippen molar-refractivity contribution in [2.45, 2.75) is 63.9 Å². The molecular weight excluding hydrogens is 471 g/mol. The largest absolute Gasteiger partial charge is 0.372 e. The highest BCUT2D eigenvalue weighted by Crippen LogP contribution is 2.32. The summed E-state index contributed by atoms with van der Waals surface area (Å²) in [6, 6.07) is 1.17. The molecule has 0 bridgehead atoms. The van der Waals surface area contributed by atoms with E-state index < -0.39 is 12.0 Å². The van der Waals surface area contributed by atoms with E-state index in [0.717, 1.165) is 41.6 Å². The lowest BCUT2D eigenvalue weighted by Crippen LogP contribution is -2.61. The summed E-state index contributed by atoms with van der Waals surface area (Å²) in [6.45, 7) is 4.76. The second-order valence-corrected chi connectivity index (χ2v) is 10.4. The van der Waals surface area contributed by atoms with Gasteiger partial charge in [-0.05, 0) is 38.3 Å². The maximum absolute atomic E-state index is 13.6. The van der Waals surface area contributed by atoms with E-state index in [1.165, 1.54) is 17.4 Å². The fraction of sp³-hybridized carbons (Fsp3) is 0.522. The quantitative estimate of drug-likeness (QED) is 0.390. The summed E-state index contributed by atoms with van der Waals surface area (Å²) < 4.78 is 14.3. The summed E-state index contributed by atoms with van der Waals surface area (Å²) in [7, 11) is 0. The van der Waals surface area contributed by atoms with Crippen LogP contribution in [0.25, 0.3) is 10.3 Å². The molecular formula is C23H29FN8O2S. The second kappa shape index (κ2) is 9.96. The van der Waals surface area contributed by atoms with Gasteiger partial charge in [0, 0.05) is 25.3 Å². The summed E-state index contributed by atoms with van der Waals surface area (Å²) in [4.78, 5) is 31.6. The van der Waals surface area contributed by atoms with Crippen LogP contribution in [0.15, 0.2) is 18.5 Å². The minimum absolute atomic E-state index is 0.0373. The zero-order valence-electron chi connectivity index (χ0n) is 19.7. The fourth-order valence-corrected chi connectivity index (χ4v) is 5.46. The van der Waals surface area contributed by atoms with E-state index in [9.17, 15) is 14.3 Å². The van der Waals surface area contributed by atoms with Crippen molar-refractivity contribution >= 4 is 33.7 Å². The van der Waals surface area contributed by atoms with Crippen molar-refractivity contribution in [2.24, 2.45) is 0 Å². The molecule has 2 amide bonds. The number of rotatable bonds is 7. The standard InChI is InChI=1S/C23H29FN8O2S/c1-12(14-7-15(24)9-25-8-14)26-22-30-18(19-20(31-22)27-13(2)35-19)21(33)32-10-17(11-32)29-23(34)28-16-5-3-4-6-16/h7-9,12,16-17,21,33H,3-6,10-11H2,1-2H3,(H,26,30,31)(H2,28,29,34). The maximum atomic E-state index is 13.6. The number of likely N-dealkylation sites (tertiary alicyclic amines) is 1. The van der Waals surface area contributed by atoms with Crippen molar-refractivity contribution in [3.05, 3.63) is 40.5 Å². The van der Waals surface area contributed by atoms with E-state index in [4.69, 9.17) is 0 Å². The highest BCUT2D eigenvalue weighted by Gasteiger charge is 2.35. The van der Waals surface area contributed by atoms with Gasteiger partial charge in [0.05, 0.1) is 28.0 Å². The normalized spacial score (nSPS) is 18.9. The Morgan fingerprint density at radius 3 is 2.66 bits per heavy atom. The molecule has 3 aromatic rings. The van der Waals surface area contributed by atoms with Crippen molar-refractivity contribution in [2.75, 3.05) is 18.4 Å². The summed E-state index contributed by atoms with van der Waals surface area (Å²) >= 11 is 1.42. The highest BCUT2D eigenvalue weighted by molar-refractivity contribution is 7.18. The van der Waals surface area contributed by atoms with Gasteiger partial charge in [0.1, 0.15) is 11.5 Å². The van der Waals surface area contributed by atoms with Crippen molar-refractivity contribution in [1.82, 2.24) is 35.5 Å². The summed E-state index contributed by atoms with van der Waals surface area (Å²) in [5.41, 5.74) is 1.61. The molecule has 4 N–H and O–H groups in total. The number of halogens is 1. The van der Waals surface area contributed by atoms with Gasteiger partial charge in [-0.15, -0.1) is 11.3 Å². The van der Waals surface area contributed by atoms with Crippen LogP contribution in [0.2, 0.25) is 0 Å². The minimum Gasteiger partial charge on any atom is -0.372 e. The van der Waals surface area contributed by atoms with E-state index in [1.54, 1.807) is 6.20 Å². The number of aliphatic hydroxyl groups excluding tert-OH is 1. The first kappa shape index (κ1) is 23.8. The second-order valence-electron chi connectivity index (χ2n) is 9.24. The minimum atomic E-state index is -0.969. The van der Waals surface area contributed by atoms with E-state index in [1.807, 2.05) is 18.7 Å². The Morgan fingerprint density at radius 2 is 1.91 bits per heavy atom. The lowest BCUT2D eigenvalue weighted by atomic mass is 10.1. The molecule has 3 aromatic heterocycles. The van der Waals surface area contributed by atoms with Crippen molar-refractivity contribution in [1.29, 1.82) is 0 Å². The number of thiazole rings is 1. The fourth-order valence-electron chi connectivity index (χ4n) is 4.59. The molecule has 0 spiro atoms. The number of nitrogens with zero attached hydrogens (tertiary/aromatic N) is 5. The highest BCUT2D eigenvalue weighted by atomic mass is 32.1. The number of nitrogens with one attached hydrogen (secondary N) is 3. The molecule has 0 aromatic carbocycles. The number of carbonyl (C=O) groups is 1. The van der Waals surface area contributed by atoms with E-state index >= 15 is 0 Å². The third-order valence-electron chi connectivity index (χ3n) is 6.48. The third kappa shape index (κ3) is 5.34. The number of carbonyl (C=O) groups excluding carboxylic acids is 1. The van der Waals surface area contributed by atoms with Crippen LogP contribution in [0.3, 0.4) is 0 Å². The van der Waals surface area contributed by atoms with Gasteiger partial charge < -0.3 is 21.1 Å². The van der Waals surface area contributed by atoms with Crippen LogP contribution in [-0.4, -0.2) is 61.1 Å². The first-order valence-corrected chi connectivity index (χ1v) is 12.7. The van der Waals surface area contributed by atoms with E-state index in [-0.39, 0.29) is 24.2 Å². The molecule has 2 atom stereocenters. The summed E-state index contributed by atoms with van der Waals surface area (Å²) in [5, 5.41) is 21.1. The first-order valence-electron chi connectivity index (χ1n) is 11.9. The van der Waals surface area contributed by atoms with Crippen LogP contribution in [0.4, 0.5) is 15.1 Å². The molecule has 0 radical (unpaired) electrons. The topological polar surface area (TPSA) is 128 Å². The maximum Gasteiger partial charge on any atom is 0.315 e. The molecule has 35 heavy (non-hydrogen) atoms. The molecule has 2 aliphatic rings. The molecule has 5 rings (SSSR count). The van der Waals surface area contributed by atoms with Gasteiger partial charge in [-0.1, -0.05) is 12.8 Å². The Balaban J connectivity index is 1.27. The first-order chi connectivity index (χ1) is 16.9. The van der Waals surface area contributed by atoms with Gasteiger partial charge >= 0.3 is 6.03 Å². The van der Waals surface area contributed by atoms with Crippen molar-refractivity contribution < 1.29 is 14.3 Å². The van der Waals surface area contributed by atoms with Crippen LogP contribution in [0, 0.1) is 12.7 Å². The van der Waals surface area contributed by atoms with Gasteiger partial charge in [0.25, 0.3) is 0 Å². The van der Waals surface area contributed by atoms with Gasteiger partial charge in [0.2, 0.25) is 5.95 Å². The Bertz CT molecular complexity index is 1210. The number of aromatic nitrogens is 4. The number of anilines is 1. The van der Waals surface area contributed by atoms with Gasteiger partial charge in [0.15, 0.2) is 11.9 Å². The molecule has 186 valence electrons. The molecule has 2 fully saturated rings. The number of aliphatic hydroxyl groups is 1. The summed E-state index contributed by atoms with van der Waals surface area (Å²) in [6.07, 6.45) is 6.15. The van der Waals surface area contributed by atoms with Crippen LogP contribution in [0.5, 0.6) is 0 Å². The zero-order chi connectivity index (χ0) is 24.5. The van der Waals surface area contributed by atoms with Crippen LogP contribution in [0.1, 0.15) is 61.1 Å². The SMILES string of the molecule is Cc1nc2nc(NC(C)c3cncc(F)c3)nc(C(O)N3CC(NC(=O)NC4CCCC4)C3)c2s1. The predicted molar refractivity (Wildman–Crippen MR) is 130 cm³/mol. The Morgan fingerprint density at radius 1 is 1.17 bits per heavy atom. The lowest BCUT2D eigenvalue weighted by Gasteiger charge is -2.42. The van der Waals surface area contributed by atoms with E-state index in [2.05, 4.69) is 35.9 Å². The van der Waals surface area contributed by atoms with Crippen molar-refractivity contribution in [3.63, 3.8) is 0 Å². The van der Waals surface area contributed by atoms with Gasteiger partial charge in [-0.25, -0.2) is 19.2 Å². The number of hydrogen-bond donors (Lipinski definition) is 4. The molecule has 1 aliphatic carbocycles. The number of aryl methyl sites for hydroxylation is 1. The number of urea groups is 1. The van der Waals surface area contributed by atoms with Gasteiger partial charge in [-0.2, -0.15) is 4.98 Å². The molecule has 12 heteroatoms. The Kier molecular flexibility index (Phi) is 6.76. The average Bonchev–Trinajstić information content (AvgIpc) is 3.43. The molecule has 1 saturated carbocycles. The third-order valence-corrected chi connectivity index (χ3v) is 7.47. The summed E-state index contributed by atoms with van der Waals surface area (Å²) in [5.74, 6) is -0.128. The zero-order valence-corrected chi connectivity index (χ0v) is 20.5. The van der Waals surface area contributed by atoms with Crippen molar-refractivity contribution in [3.8, 4) is 0 Å². The van der Waals surface area contributed by atoms with Crippen LogP contribution >= 0.6 is 11.3 Å². The smallest absolute Gasteiger partial charge is 0.315 e. The Labute approximate surface area is 206 Å². The Hall–Kier alpha value is -2.96. The lowest BCUT2D eigenvalue weighted by molar-refractivity contribution is -0.0529. The van der Waals surface area contributed by atoms with Crippen LogP contribution in [-0.2, 0) is 0 Å². The molecule has 4 heterocycles. The number of amides is 2. The average molecular weight is 501 g/mol. The molecule has 1 aliphatic heterocycles. The van der Waals surface area contributed by atoms with Crippen LogP contribution < -0.4 is 16.0 Å². The number of hydrogen-bond acceptors (Lipinski definition) is 9.